The fourth-order valence-corrected chi connectivity index (χ4v) is 2.65. The van der Waals surface area contributed by atoms with E-state index in [0.29, 0.717) is 24.3 Å². The molecule has 0 aliphatic carbocycles. The first-order valence-corrected chi connectivity index (χ1v) is 7.40. The van der Waals surface area contributed by atoms with Crippen LogP contribution < -0.4 is 21.9 Å². The van der Waals surface area contributed by atoms with Gasteiger partial charge in [-0.05, 0) is 45.1 Å². The molecule has 0 atom stereocenters. The smallest absolute Gasteiger partial charge is 0.478 e. The molecule has 1 rings (SSSR count). The molecular formula is C12H14B4O12. The molecule has 0 saturated carbocycles. The van der Waals surface area contributed by atoms with E-state index < -0.39 is 73.4 Å². The van der Waals surface area contributed by atoms with E-state index in [1.54, 1.807) is 0 Å². The number of hydrogen-bond donors (Lipinski definition) is 10. The van der Waals surface area contributed by atoms with Crippen LogP contribution in [0.4, 0.5) is 0 Å². The monoisotopic (exact) mass is 394 g/mol. The second-order valence-electron chi connectivity index (χ2n) is 5.32. The van der Waals surface area contributed by atoms with Crippen molar-refractivity contribution in [3.05, 3.63) is 23.3 Å². The Labute approximate surface area is 158 Å². The minimum absolute atomic E-state index is 0.431. The fourth-order valence-electron chi connectivity index (χ4n) is 2.65. The highest BCUT2D eigenvalue weighted by molar-refractivity contribution is 6.79. The van der Waals surface area contributed by atoms with Crippen LogP contribution in [0.3, 0.4) is 0 Å². The van der Waals surface area contributed by atoms with Gasteiger partial charge in [-0.3, -0.25) is 0 Å². The molecule has 0 fully saturated rings. The number of carbonyl (C=O) groups is 2. The summed E-state index contributed by atoms with van der Waals surface area (Å²) < 4.78 is 0. The minimum Gasteiger partial charge on any atom is -0.478 e. The Morgan fingerprint density at radius 3 is 0.893 bits per heavy atom. The van der Waals surface area contributed by atoms with E-state index in [2.05, 4.69) is 0 Å². The van der Waals surface area contributed by atoms with Crippen LogP contribution in [0.25, 0.3) is 12.2 Å². The van der Waals surface area contributed by atoms with Crippen LogP contribution >= 0.6 is 0 Å². The molecular weight excluding hydrogens is 379 g/mol. The Hall–Kier alpha value is -2.42. The molecule has 0 radical (unpaired) electrons. The fraction of sp³-hybridized carbons (Fsp3) is 0. The van der Waals surface area contributed by atoms with Gasteiger partial charge in [0.05, 0.1) is 0 Å². The zero-order chi connectivity index (χ0) is 21.8. The van der Waals surface area contributed by atoms with Gasteiger partial charge >= 0.3 is 40.4 Å². The van der Waals surface area contributed by atoms with Gasteiger partial charge in [0.15, 0.2) is 0 Å². The Morgan fingerprint density at radius 2 is 0.750 bits per heavy atom. The summed E-state index contributed by atoms with van der Waals surface area (Å²) in [5, 5.41) is 94.8. The summed E-state index contributed by atoms with van der Waals surface area (Å²) in [7, 11) is -10.1. The lowest BCUT2D eigenvalue weighted by atomic mass is 9.52. The molecule has 28 heavy (non-hydrogen) atoms. The van der Waals surface area contributed by atoms with Crippen molar-refractivity contribution in [2.75, 3.05) is 0 Å². The van der Waals surface area contributed by atoms with Crippen LogP contribution in [-0.4, -0.2) is 90.8 Å². The van der Waals surface area contributed by atoms with Gasteiger partial charge in [-0.15, -0.1) is 0 Å². The number of carboxylic acid groups (broad SMARTS) is 2. The van der Waals surface area contributed by atoms with Crippen LogP contribution in [0.1, 0.15) is 11.1 Å². The first kappa shape index (κ1) is 23.6. The zero-order valence-corrected chi connectivity index (χ0v) is 13.9. The standard InChI is InChI=1S/C12H14B4O12/c17-7(18)3-1-5-9(13(21)22)11(15(25)26)6(2-4-8(19)20)12(16(27)28)10(5)14(23)24/h1-4,21-28H,(H,17,18)(H,19,20). The van der Waals surface area contributed by atoms with E-state index in [1.807, 2.05) is 0 Å². The molecule has 12 nitrogen and oxygen atoms in total. The number of aliphatic carboxylic acids is 2. The third kappa shape index (κ3) is 5.31. The second-order valence-corrected chi connectivity index (χ2v) is 5.32. The Morgan fingerprint density at radius 1 is 0.536 bits per heavy atom. The van der Waals surface area contributed by atoms with Crippen molar-refractivity contribution in [3.63, 3.8) is 0 Å². The predicted molar refractivity (Wildman–Crippen MR) is 99.1 cm³/mol. The van der Waals surface area contributed by atoms with E-state index in [-0.39, 0.29) is 0 Å². The topological polar surface area (TPSA) is 236 Å². The molecule has 0 aliphatic rings. The predicted octanol–water partition coefficient (Wildman–Crippen LogP) is -7.40. The molecule has 146 valence electrons. The summed E-state index contributed by atoms with van der Waals surface area (Å²) in [4.78, 5) is 21.6. The molecule has 0 amide bonds. The van der Waals surface area contributed by atoms with Gasteiger partial charge in [-0.2, -0.15) is 0 Å². The molecule has 1 aromatic rings. The Bertz CT molecular complexity index is 709. The van der Waals surface area contributed by atoms with Crippen molar-refractivity contribution in [2.45, 2.75) is 0 Å². The second kappa shape index (κ2) is 9.68. The molecule has 0 heterocycles. The molecule has 0 saturated heterocycles. The van der Waals surface area contributed by atoms with Gasteiger partial charge < -0.3 is 50.4 Å². The highest BCUT2D eigenvalue weighted by atomic mass is 16.4. The van der Waals surface area contributed by atoms with Gasteiger partial charge in [-0.1, -0.05) is 0 Å². The largest absolute Gasteiger partial charge is 0.488 e. The number of hydrogen-bond acceptors (Lipinski definition) is 10. The summed E-state index contributed by atoms with van der Waals surface area (Å²) in [6, 6.07) is 0. The van der Waals surface area contributed by atoms with E-state index in [4.69, 9.17) is 10.2 Å². The molecule has 16 heteroatoms. The summed E-state index contributed by atoms with van der Waals surface area (Å²) in [5.74, 6) is -3.10. The lowest BCUT2D eigenvalue weighted by Gasteiger charge is -2.24. The van der Waals surface area contributed by atoms with E-state index >= 15 is 0 Å². The third-order valence-corrected chi connectivity index (χ3v) is 3.56. The summed E-state index contributed by atoms with van der Waals surface area (Å²) in [5.41, 5.74) is -4.66. The van der Waals surface area contributed by atoms with E-state index in [0.717, 1.165) is 0 Å². The summed E-state index contributed by atoms with van der Waals surface area (Å²) in [6.45, 7) is 0. The molecule has 1 aromatic carbocycles. The van der Waals surface area contributed by atoms with Crippen LogP contribution in [-0.2, 0) is 9.59 Å². The third-order valence-electron chi connectivity index (χ3n) is 3.56. The first-order valence-electron chi connectivity index (χ1n) is 7.40. The minimum atomic E-state index is -2.54. The SMILES string of the molecule is O=C(O)C=Cc1c(B(O)O)c(B(O)O)c(C=CC(=O)O)c(B(O)O)c1B(O)O. The van der Waals surface area contributed by atoms with Crippen LogP contribution in [0.15, 0.2) is 12.2 Å². The van der Waals surface area contributed by atoms with Gasteiger partial charge in [0.25, 0.3) is 0 Å². The van der Waals surface area contributed by atoms with Crippen molar-refractivity contribution in [1.82, 2.24) is 0 Å². The summed E-state index contributed by atoms with van der Waals surface area (Å²) in [6.07, 6.45) is 2.13. The lowest BCUT2D eigenvalue weighted by Crippen LogP contribution is -2.63. The molecule has 10 N–H and O–H groups in total. The van der Waals surface area contributed by atoms with Crippen LogP contribution in [0.2, 0.25) is 0 Å². The van der Waals surface area contributed by atoms with Crippen LogP contribution in [0, 0.1) is 0 Å². The quantitative estimate of drug-likeness (QED) is 0.146. The number of rotatable bonds is 8. The highest BCUT2D eigenvalue weighted by Crippen LogP contribution is 2.06. The van der Waals surface area contributed by atoms with Crippen molar-refractivity contribution >= 4 is 74.4 Å². The molecule has 0 unspecified atom stereocenters. The van der Waals surface area contributed by atoms with Crippen LogP contribution in [0.5, 0.6) is 0 Å². The number of carboxylic acids is 2. The van der Waals surface area contributed by atoms with E-state index in [1.165, 1.54) is 0 Å². The summed E-state index contributed by atoms with van der Waals surface area (Å²) >= 11 is 0. The average molecular weight is 393 g/mol. The lowest BCUT2D eigenvalue weighted by molar-refractivity contribution is -0.132. The van der Waals surface area contributed by atoms with Crippen molar-refractivity contribution in [3.8, 4) is 0 Å². The number of benzene rings is 1. The van der Waals surface area contributed by atoms with E-state index in [9.17, 15) is 49.8 Å². The zero-order valence-electron chi connectivity index (χ0n) is 13.9. The maximum atomic E-state index is 10.8. The highest BCUT2D eigenvalue weighted by Gasteiger charge is 2.38. The van der Waals surface area contributed by atoms with Crippen molar-refractivity contribution < 1.29 is 60.0 Å². The normalized spacial score (nSPS) is 11.1. The average Bonchev–Trinajstić information content (AvgIpc) is 2.55. The molecule has 0 aliphatic heterocycles. The maximum Gasteiger partial charge on any atom is 0.488 e. The Kier molecular flexibility index (Phi) is 8.16. The Balaban J connectivity index is 4.27. The molecule has 0 spiro atoms. The van der Waals surface area contributed by atoms with Crippen molar-refractivity contribution in [2.24, 2.45) is 0 Å². The first-order chi connectivity index (χ1) is 12.9. The van der Waals surface area contributed by atoms with Crippen molar-refractivity contribution in [1.29, 1.82) is 0 Å². The van der Waals surface area contributed by atoms with Gasteiger partial charge in [0.1, 0.15) is 0 Å². The van der Waals surface area contributed by atoms with Gasteiger partial charge in [-0.25, -0.2) is 9.59 Å². The molecule has 0 aromatic heterocycles. The maximum absolute atomic E-state index is 10.8. The van der Waals surface area contributed by atoms with Gasteiger partial charge in [0.2, 0.25) is 0 Å². The molecule has 0 bridgehead atoms. The van der Waals surface area contributed by atoms with Gasteiger partial charge in [0, 0.05) is 12.2 Å².